The summed E-state index contributed by atoms with van der Waals surface area (Å²) in [5.74, 6) is -0.966. The van der Waals surface area contributed by atoms with E-state index in [2.05, 4.69) is 5.32 Å². The van der Waals surface area contributed by atoms with Crippen LogP contribution in [0.3, 0.4) is 0 Å². The van der Waals surface area contributed by atoms with Crippen molar-refractivity contribution in [2.75, 3.05) is 6.54 Å². The Morgan fingerprint density at radius 1 is 1.18 bits per heavy atom. The third kappa shape index (κ3) is 5.21. The van der Waals surface area contributed by atoms with E-state index >= 15 is 0 Å². The maximum atomic E-state index is 11.7. The van der Waals surface area contributed by atoms with Crippen molar-refractivity contribution in [2.45, 2.75) is 12.8 Å². The maximum absolute atomic E-state index is 11.7. The van der Waals surface area contributed by atoms with Crippen LogP contribution in [-0.2, 0) is 4.79 Å². The van der Waals surface area contributed by atoms with Gasteiger partial charge >= 0.3 is 5.97 Å². The number of carboxylic acids is 1. The van der Waals surface area contributed by atoms with E-state index in [1.807, 2.05) is 6.07 Å². The topological polar surface area (TPSA) is 66.4 Å². The van der Waals surface area contributed by atoms with E-state index in [4.69, 9.17) is 17.3 Å². The summed E-state index contributed by atoms with van der Waals surface area (Å²) in [6.07, 6.45) is 0.659. The maximum Gasteiger partial charge on any atom is 0.322 e. The van der Waals surface area contributed by atoms with E-state index in [0.29, 0.717) is 17.0 Å². The average molecular weight is 251 g/mol. The molecule has 1 rings (SSSR count). The van der Waals surface area contributed by atoms with Crippen LogP contribution >= 0.6 is 12.2 Å². The van der Waals surface area contributed by atoms with Crippen molar-refractivity contribution in [1.82, 2.24) is 5.32 Å². The highest BCUT2D eigenvalue weighted by Crippen LogP contribution is 2.05. The van der Waals surface area contributed by atoms with Gasteiger partial charge in [-0.2, -0.15) is 0 Å². The van der Waals surface area contributed by atoms with Gasteiger partial charge in [0, 0.05) is 18.4 Å². The van der Waals surface area contributed by atoms with Crippen LogP contribution in [0.15, 0.2) is 30.3 Å². The minimum absolute atomic E-state index is 0.00470. The zero-order valence-electron chi connectivity index (χ0n) is 9.18. The number of thiocarbonyl (C=S) groups is 1. The van der Waals surface area contributed by atoms with Crippen LogP contribution in [0.25, 0.3) is 0 Å². The number of hydrogen-bond acceptors (Lipinski definition) is 3. The van der Waals surface area contributed by atoms with Gasteiger partial charge in [0.25, 0.3) is 0 Å². The molecule has 0 heterocycles. The lowest BCUT2D eigenvalue weighted by molar-refractivity contribution is -0.135. The number of Topliss-reactive ketones (excluding diaryl/α,β-unsaturated/α-hetero) is 1. The lowest BCUT2D eigenvalue weighted by Crippen LogP contribution is -2.28. The standard InChI is InChI=1S/C12H13NO3S/c14-10(9-4-2-1-3-5-9)6-7-11(17)13-8-12(15)16/h1-5H,6-8H2,(H,13,17)(H,15,16). The molecule has 90 valence electrons. The summed E-state index contributed by atoms with van der Waals surface area (Å²) in [4.78, 5) is 22.4. The molecule has 17 heavy (non-hydrogen) atoms. The Balaban J connectivity index is 2.34. The van der Waals surface area contributed by atoms with Crippen molar-refractivity contribution in [3.8, 4) is 0 Å². The van der Waals surface area contributed by atoms with E-state index in [1.54, 1.807) is 24.3 Å². The molecule has 0 fully saturated rings. The van der Waals surface area contributed by atoms with Crippen LogP contribution < -0.4 is 5.32 Å². The molecule has 0 aromatic heterocycles. The Kier molecular flexibility index (Phi) is 5.29. The molecule has 0 saturated carbocycles. The second-order valence-electron chi connectivity index (χ2n) is 3.46. The molecule has 0 bridgehead atoms. The number of carbonyl (C=O) groups is 2. The Morgan fingerprint density at radius 2 is 1.82 bits per heavy atom. The van der Waals surface area contributed by atoms with E-state index in [9.17, 15) is 9.59 Å². The van der Waals surface area contributed by atoms with Crippen LogP contribution in [-0.4, -0.2) is 28.4 Å². The number of carboxylic acid groups (broad SMARTS) is 1. The van der Waals surface area contributed by atoms with Gasteiger partial charge in [-0.25, -0.2) is 0 Å². The second-order valence-corrected chi connectivity index (χ2v) is 3.95. The van der Waals surface area contributed by atoms with E-state index in [0.717, 1.165) is 0 Å². The van der Waals surface area contributed by atoms with Crippen molar-refractivity contribution < 1.29 is 14.7 Å². The van der Waals surface area contributed by atoms with Gasteiger partial charge in [-0.15, -0.1) is 0 Å². The molecule has 0 amide bonds. The molecule has 0 radical (unpaired) electrons. The number of hydrogen-bond donors (Lipinski definition) is 2. The summed E-state index contributed by atoms with van der Waals surface area (Å²) in [5, 5.41) is 11.0. The van der Waals surface area contributed by atoms with Gasteiger partial charge in [-0.1, -0.05) is 42.5 Å². The van der Waals surface area contributed by atoms with Crippen molar-refractivity contribution in [3.05, 3.63) is 35.9 Å². The molecule has 0 aliphatic carbocycles. The lowest BCUT2D eigenvalue weighted by atomic mass is 10.1. The Labute approximate surface area is 105 Å². The highest BCUT2D eigenvalue weighted by Gasteiger charge is 2.07. The van der Waals surface area contributed by atoms with Gasteiger partial charge in [0.05, 0.1) is 4.99 Å². The minimum atomic E-state index is -0.971. The van der Waals surface area contributed by atoms with Gasteiger partial charge in [0.2, 0.25) is 0 Å². The normalized spacial score (nSPS) is 9.65. The number of carbonyl (C=O) groups excluding carboxylic acids is 1. The molecule has 1 aromatic rings. The molecule has 0 aliphatic rings. The first kappa shape index (κ1) is 13.3. The predicted molar refractivity (Wildman–Crippen MR) is 68.2 cm³/mol. The molecule has 0 aliphatic heterocycles. The number of rotatable bonds is 6. The summed E-state index contributed by atoms with van der Waals surface area (Å²) >= 11 is 4.91. The second kappa shape index (κ2) is 6.75. The van der Waals surface area contributed by atoms with Crippen molar-refractivity contribution in [3.63, 3.8) is 0 Å². The fraction of sp³-hybridized carbons (Fsp3) is 0.250. The first-order valence-corrected chi connectivity index (χ1v) is 5.57. The zero-order chi connectivity index (χ0) is 12.7. The largest absolute Gasteiger partial charge is 0.480 e. The molecule has 1 aromatic carbocycles. The zero-order valence-corrected chi connectivity index (χ0v) is 10.00. The Morgan fingerprint density at radius 3 is 2.41 bits per heavy atom. The summed E-state index contributed by atoms with van der Waals surface area (Å²) in [5.41, 5.74) is 0.647. The summed E-state index contributed by atoms with van der Waals surface area (Å²) < 4.78 is 0. The molecular weight excluding hydrogens is 238 g/mol. The van der Waals surface area contributed by atoms with Crippen LogP contribution in [0.4, 0.5) is 0 Å². The van der Waals surface area contributed by atoms with Crippen LogP contribution in [0.5, 0.6) is 0 Å². The Bertz CT molecular complexity index is 417. The summed E-state index contributed by atoms with van der Waals surface area (Å²) in [7, 11) is 0. The van der Waals surface area contributed by atoms with Crippen LogP contribution in [0, 0.1) is 0 Å². The predicted octanol–water partition coefficient (Wildman–Crippen LogP) is 1.65. The smallest absolute Gasteiger partial charge is 0.322 e. The molecule has 5 heteroatoms. The number of ketones is 1. The highest BCUT2D eigenvalue weighted by molar-refractivity contribution is 7.80. The number of aliphatic carboxylic acids is 1. The monoisotopic (exact) mass is 251 g/mol. The molecule has 0 saturated heterocycles. The van der Waals surface area contributed by atoms with Gasteiger partial charge in [0.1, 0.15) is 6.54 Å². The van der Waals surface area contributed by atoms with Crippen LogP contribution in [0.1, 0.15) is 23.2 Å². The third-order valence-electron chi connectivity index (χ3n) is 2.11. The number of benzene rings is 1. The van der Waals surface area contributed by atoms with Gasteiger partial charge in [0.15, 0.2) is 5.78 Å². The van der Waals surface area contributed by atoms with E-state index in [-0.39, 0.29) is 18.7 Å². The summed E-state index contributed by atoms with van der Waals surface area (Å²) in [6.45, 7) is -0.210. The average Bonchev–Trinajstić information content (AvgIpc) is 2.34. The minimum Gasteiger partial charge on any atom is -0.480 e. The molecular formula is C12H13NO3S. The van der Waals surface area contributed by atoms with E-state index in [1.165, 1.54) is 0 Å². The Hall–Kier alpha value is -1.75. The SMILES string of the molecule is O=C(O)CNC(=S)CCC(=O)c1ccccc1. The number of nitrogens with one attached hydrogen (secondary N) is 1. The van der Waals surface area contributed by atoms with Crippen molar-refractivity contribution >= 4 is 29.0 Å². The summed E-state index contributed by atoms with van der Waals surface area (Å²) in [6, 6.07) is 8.93. The van der Waals surface area contributed by atoms with E-state index < -0.39 is 5.97 Å². The first-order chi connectivity index (χ1) is 8.09. The highest BCUT2D eigenvalue weighted by atomic mass is 32.1. The molecule has 4 nitrogen and oxygen atoms in total. The quantitative estimate of drug-likeness (QED) is 0.594. The lowest BCUT2D eigenvalue weighted by Gasteiger charge is -2.04. The first-order valence-electron chi connectivity index (χ1n) is 5.16. The van der Waals surface area contributed by atoms with Crippen molar-refractivity contribution in [1.29, 1.82) is 0 Å². The fourth-order valence-corrected chi connectivity index (χ4v) is 1.43. The third-order valence-corrected chi connectivity index (χ3v) is 2.46. The van der Waals surface area contributed by atoms with Gasteiger partial charge in [-0.3, -0.25) is 9.59 Å². The van der Waals surface area contributed by atoms with Gasteiger partial charge < -0.3 is 10.4 Å². The van der Waals surface area contributed by atoms with Crippen LogP contribution in [0.2, 0.25) is 0 Å². The molecule has 2 N–H and O–H groups in total. The molecule has 0 spiro atoms. The fourth-order valence-electron chi connectivity index (χ4n) is 1.26. The molecule has 0 atom stereocenters. The molecule has 0 unspecified atom stereocenters. The van der Waals surface area contributed by atoms with Gasteiger partial charge in [-0.05, 0) is 0 Å². The van der Waals surface area contributed by atoms with Crippen molar-refractivity contribution in [2.24, 2.45) is 0 Å².